The second-order valence-electron chi connectivity index (χ2n) is 5.57. The molecule has 1 fully saturated rings. The fourth-order valence-corrected chi connectivity index (χ4v) is 2.19. The van der Waals surface area contributed by atoms with Crippen LogP contribution in [-0.4, -0.2) is 28.9 Å². The van der Waals surface area contributed by atoms with Gasteiger partial charge in [-0.25, -0.2) is 9.38 Å². The summed E-state index contributed by atoms with van der Waals surface area (Å²) in [6.45, 7) is 0.340. The van der Waals surface area contributed by atoms with Crippen molar-refractivity contribution in [3.05, 3.63) is 54.1 Å². The lowest BCUT2D eigenvalue weighted by Crippen LogP contribution is -2.35. The summed E-state index contributed by atoms with van der Waals surface area (Å²) in [5.74, 6) is 0.709. The molecule has 0 aliphatic heterocycles. The molecule has 1 heterocycles. The Hall–Kier alpha value is -1.90. The van der Waals surface area contributed by atoms with Gasteiger partial charge in [-0.2, -0.15) is 0 Å². The van der Waals surface area contributed by atoms with Crippen LogP contribution >= 0.6 is 24.0 Å². The monoisotopic (exact) mass is 442 g/mol. The largest absolute Gasteiger partial charge is 0.453 e. The van der Waals surface area contributed by atoms with Crippen LogP contribution in [0.4, 0.5) is 4.39 Å². The summed E-state index contributed by atoms with van der Waals surface area (Å²) in [6.07, 6.45) is 5.48. The molecule has 3 rings (SSSR count). The van der Waals surface area contributed by atoms with Crippen molar-refractivity contribution in [1.82, 2.24) is 9.88 Å². The molecule has 1 saturated carbocycles. The van der Waals surface area contributed by atoms with E-state index in [9.17, 15) is 4.39 Å². The third-order valence-corrected chi connectivity index (χ3v) is 3.74. The third-order valence-electron chi connectivity index (χ3n) is 3.74. The van der Waals surface area contributed by atoms with Crippen molar-refractivity contribution in [3.63, 3.8) is 0 Å². The summed E-state index contributed by atoms with van der Waals surface area (Å²) < 4.78 is 19.6. The number of ether oxygens (including phenoxy) is 1. The van der Waals surface area contributed by atoms with E-state index in [1.54, 1.807) is 30.5 Å². The fraction of sp³-hybridized carbons (Fsp3) is 0.294. The summed E-state index contributed by atoms with van der Waals surface area (Å²) in [5, 5.41) is 0. The summed E-state index contributed by atoms with van der Waals surface area (Å²) in [5.41, 5.74) is 6.67. The van der Waals surface area contributed by atoms with Crippen LogP contribution in [0.5, 0.6) is 11.5 Å². The highest BCUT2D eigenvalue weighted by Crippen LogP contribution is 2.26. The number of nitrogens with two attached hydrogens (primary N) is 1. The van der Waals surface area contributed by atoms with Crippen LogP contribution in [0.3, 0.4) is 0 Å². The molecule has 2 aromatic rings. The molecule has 2 N–H and O–H groups in total. The zero-order valence-electron chi connectivity index (χ0n) is 13.4. The van der Waals surface area contributed by atoms with Gasteiger partial charge in [0.05, 0.1) is 12.7 Å². The first kappa shape index (κ1) is 18.4. The third kappa shape index (κ3) is 4.80. The molecule has 1 aromatic carbocycles. The molecule has 0 radical (unpaired) electrons. The number of nitrogens with zero attached hydrogens (tertiary/aromatic N) is 3. The molecule has 1 aliphatic rings. The molecule has 5 nitrogen and oxygen atoms in total. The molecule has 7 heteroatoms. The van der Waals surface area contributed by atoms with Gasteiger partial charge in [0.2, 0.25) is 0 Å². The molecule has 0 saturated heterocycles. The molecular formula is C17H20FIN4O. The second kappa shape index (κ2) is 8.27. The van der Waals surface area contributed by atoms with Crippen molar-refractivity contribution in [2.24, 2.45) is 10.7 Å². The quantitative estimate of drug-likeness (QED) is 0.437. The number of halogens is 2. The number of hydrogen-bond donors (Lipinski definition) is 1. The second-order valence-corrected chi connectivity index (χ2v) is 5.57. The van der Waals surface area contributed by atoms with Crippen molar-refractivity contribution in [2.75, 3.05) is 7.05 Å². The Morgan fingerprint density at radius 2 is 2.21 bits per heavy atom. The first-order chi connectivity index (χ1) is 11.1. The normalized spacial score (nSPS) is 14.0. The van der Waals surface area contributed by atoms with Crippen LogP contribution in [0.1, 0.15) is 18.4 Å². The maximum absolute atomic E-state index is 14.1. The number of rotatable bonds is 5. The van der Waals surface area contributed by atoms with Crippen LogP contribution in [-0.2, 0) is 6.54 Å². The zero-order valence-corrected chi connectivity index (χ0v) is 15.7. The van der Waals surface area contributed by atoms with Crippen LogP contribution in [0, 0.1) is 5.82 Å². The van der Waals surface area contributed by atoms with E-state index in [-0.39, 0.29) is 29.7 Å². The van der Waals surface area contributed by atoms with Gasteiger partial charge in [-0.15, -0.1) is 24.0 Å². The first-order valence-electron chi connectivity index (χ1n) is 7.52. The maximum atomic E-state index is 14.1. The minimum Gasteiger partial charge on any atom is -0.453 e. The summed E-state index contributed by atoms with van der Waals surface area (Å²) in [4.78, 5) is 10.2. The summed E-state index contributed by atoms with van der Waals surface area (Å²) >= 11 is 0. The van der Waals surface area contributed by atoms with E-state index < -0.39 is 5.82 Å². The lowest BCUT2D eigenvalue weighted by molar-refractivity contribution is 0.440. The molecule has 24 heavy (non-hydrogen) atoms. The standard InChI is InChI=1S/C17H19FN4O.HI/c1-22(13-5-6-13)17(19)21-10-12-4-7-16(15(18)9-12)23-14-3-2-8-20-11-14;/h2-4,7-9,11,13H,5-6,10H2,1H3,(H2,19,21);1H. The van der Waals surface area contributed by atoms with Crippen LogP contribution in [0.25, 0.3) is 0 Å². The average molecular weight is 442 g/mol. The minimum absolute atomic E-state index is 0. The average Bonchev–Trinajstić information content (AvgIpc) is 3.40. The lowest BCUT2D eigenvalue weighted by Gasteiger charge is -2.16. The SMILES string of the molecule is CN(C(N)=NCc1ccc(Oc2cccnc2)c(F)c1)C1CC1.I. The van der Waals surface area contributed by atoms with Gasteiger partial charge in [0, 0.05) is 19.3 Å². The van der Waals surface area contributed by atoms with E-state index in [0.717, 1.165) is 18.4 Å². The Labute approximate surface area is 157 Å². The lowest BCUT2D eigenvalue weighted by atomic mass is 10.2. The van der Waals surface area contributed by atoms with Crippen LogP contribution in [0.2, 0.25) is 0 Å². The predicted octanol–water partition coefficient (Wildman–Crippen LogP) is 3.54. The van der Waals surface area contributed by atoms with Crippen molar-refractivity contribution >= 4 is 29.9 Å². The van der Waals surface area contributed by atoms with Crippen LogP contribution in [0.15, 0.2) is 47.7 Å². The number of hydrogen-bond acceptors (Lipinski definition) is 3. The molecular weight excluding hydrogens is 422 g/mol. The van der Waals surface area contributed by atoms with Gasteiger partial charge in [0.1, 0.15) is 5.75 Å². The fourth-order valence-electron chi connectivity index (χ4n) is 2.19. The number of benzene rings is 1. The smallest absolute Gasteiger partial charge is 0.191 e. The van der Waals surface area contributed by atoms with Crippen LogP contribution < -0.4 is 10.5 Å². The van der Waals surface area contributed by atoms with Crippen molar-refractivity contribution < 1.29 is 9.13 Å². The number of aromatic nitrogens is 1. The Balaban J connectivity index is 0.00000208. The van der Waals surface area contributed by atoms with Gasteiger partial charge in [-0.05, 0) is 42.7 Å². The Kier molecular flexibility index (Phi) is 6.36. The van der Waals surface area contributed by atoms with Gasteiger partial charge >= 0.3 is 0 Å². The number of aliphatic imine (C=N–C) groups is 1. The van der Waals surface area contributed by atoms with Gasteiger partial charge in [0.25, 0.3) is 0 Å². The topological polar surface area (TPSA) is 63.7 Å². The van der Waals surface area contributed by atoms with E-state index in [2.05, 4.69) is 9.98 Å². The molecule has 128 valence electrons. The van der Waals surface area contributed by atoms with E-state index in [1.165, 1.54) is 12.3 Å². The molecule has 1 aliphatic carbocycles. The Morgan fingerprint density at radius 1 is 1.42 bits per heavy atom. The van der Waals surface area contributed by atoms with Crippen molar-refractivity contribution in [2.45, 2.75) is 25.4 Å². The number of guanidine groups is 1. The highest BCUT2D eigenvalue weighted by Gasteiger charge is 2.27. The first-order valence-corrected chi connectivity index (χ1v) is 7.52. The number of pyridine rings is 1. The zero-order chi connectivity index (χ0) is 16.2. The minimum atomic E-state index is -0.435. The molecule has 0 spiro atoms. The van der Waals surface area contributed by atoms with Crippen molar-refractivity contribution in [3.8, 4) is 11.5 Å². The van der Waals surface area contributed by atoms with E-state index >= 15 is 0 Å². The maximum Gasteiger partial charge on any atom is 0.191 e. The molecule has 0 amide bonds. The molecule has 0 unspecified atom stereocenters. The Morgan fingerprint density at radius 3 is 2.83 bits per heavy atom. The molecule has 1 aromatic heterocycles. The Bertz CT molecular complexity index is 707. The molecule has 0 bridgehead atoms. The summed E-state index contributed by atoms with van der Waals surface area (Å²) in [6, 6.07) is 8.75. The predicted molar refractivity (Wildman–Crippen MR) is 102 cm³/mol. The highest BCUT2D eigenvalue weighted by molar-refractivity contribution is 14.0. The van der Waals surface area contributed by atoms with Gasteiger partial charge in [-0.1, -0.05) is 6.07 Å². The van der Waals surface area contributed by atoms with Gasteiger partial charge in [0.15, 0.2) is 17.5 Å². The van der Waals surface area contributed by atoms with E-state index in [1.807, 2.05) is 11.9 Å². The van der Waals surface area contributed by atoms with Crippen molar-refractivity contribution in [1.29, 1.82) is 0 Å². The highest BCUT2D eigenvalue weighted by atomic mass is 127. The van der Waals surface area contributed by atoms with Gasteiger partial charge in [-0.3, -0.25) is 4.98 Å². The van der Waals surface area contributed by atoms with E-state index in [4.69, 9.17) is 10.5 Å². The molecule has 0 atom stereocenters. The van der Waals surface area contributed by atoms with Gasteiger partial charge < -0.3 is 15.4 Å². The summed E-state index contributed by atoms with van der Waals surface area (Å²) in [7, 11) is 1.93. The van der Waals surface area contributed by atoms with E-state index in [0.29, 0.717) is 24.3 Å².